The van der Waals surface area contributed by atoms with Crippen molar-refractivity contribution in [2.24, 2.45) is 0 Å². The van der Waals surface area contributed by atoms with Gasteiger partial charge in [-0.15, -0.1) is 0 Å². The number of hydrogen-bond acceptors (Lipinski definition) is 1. The fraction of sp³-hybridized carbons (Fsp3) is 0.667. The smallest absolute Gasteiger partial charge is 0.386 e. The van der Waals surface area contributed by atoms with E-state index >= 15 is 0 Å². The molecule has 0 aromatic rings. The molecule has 0 amide bonds. The van der Waals surface area contributed by atoms with Crippen LogP contribution in [0.5, 0.6) is 0 Å². The van der Waals surface area contributed by atoms with Gasteiger partial charge in [0, 0.05) is 0 Å². The van der Waals surface area contributed by atoms with E-state index in [0.29, 0.717) is 0 Å². The van der Waals surface area contributed by atoms with Crippen LogP contribution in [0.25, 0.3) is 0 Å². The fourth-order valence-corrected chi connectivity index (χ4v) is 0.347. The first-order valence-corrected chi connectivity index (χ1v) is 2.64. The highest BCUT2D eigenvalue weighted by Gasteiger charge is 2.40. The Kier molecular flexibility index (Phi) is 2.15. The van der Waals surface area contributed by atoms with Crippen molar-refractivity contribution in [1.29, 1.82) is 0 Å². The van der Waals surface area contributed by atoms with Crippen LogP contribution in [-0.2, 0) is 0 Å². The molecule has 1 nitrogen and oxygen atoms in total. The summed E-state index contributed by atoms with van der Waals surface area (Å²) in [7, 11) is 0. The molecule has 0 aromatic carbocycles. The van der Waals surface area contributed by atoms with Gasteiger partial charge in [0.2, 0.25) is 0 Å². The number of rotatable bonds is 1. The summed E-state index contributed by atoms with van der Waals surface area (Å²) in [6.45, 7) is 4.81. The maximum absolute atomic E-state index is 11.7. The Balaban J connectivity index is 4.40. The number of halogens is 3. The van der Waals surface area contributed by atoms with Gasteiger partial charge in [-0.25, -0.2) is 0 Å². The van der Waals surface area contributed by atoms with Crippen molar-refractivity contribution in [3.8, 4) is 0 Å². The van der Waals surface area contributed by atoms with Gasteiger partial charge in [-0.05, 0) is 13.8 Å². The summed E-state index contributed by atoms with van der Waals surface area (Å²) < 4.78 is 35.1. The second-order valence-electron chi connectivity index (χ2n) is 2.54. The molecule has 0 saturated carbocycles. The lowest BCUT2D eigenvalue weighted by molar-refractivity contribution is -0.115. The molecule has 0 aliphatic carbocycles. The van der Waals surface area contributed by atoms with E-state index in [1.807, 2.05) is 0 Å². The van der Waals surface area contributed by atoms with Crippen LogP contribution in [0.2, 0.25) is 0 Å². The predicted molar refractivity (Wildman–Crippen MR) is 31.5 cm³/mol. The van der Waals surface area contributed by atoms with Gasteiger partial charge in [-0.1, -0.05) is 6.58 Å². The average molecular weight is 154 g/mol. The number of aliphatic hydroxyl groups is 1. The number of alkyl halides is 3. The summed E-state index contributed by atoms with van der Waals surface area (Å²) in [4.78, 5) is 0. The molecular formula is C6H9F3O. The zero-order valence-corrected chi connectivity index (χ0v) is 5.79. The van der Waals surface area contributed by atoms with Crippen molar-refractivity contribution in [2.75, 3.05) is 0 Å². The van der Waals surface area contributed by atoms with Gasteiger partial charge in [-0.2, -0.15) is 13.2 Å². The summed E-state index contributed by atoms with van der Waals surface area (Å²) in [6, 6.07) is 0. The summed E-state index contributed by atoms with van der Waals surface area (Å²) in [5.74, 6) is 0. The van der Waals surface area contributed by atoms with Gasteiger partial charge < -0.3 is 5.11 Å². The van der Waals surface area contributed by atoms with Crippen LogP contribution in [0.15, 0.2) is 12.2 Å². The molecule has 10 heavy (non-hydrogen) atoms. The molecule has 0 unspecified atom stereocenters. The molecule has 0 radical (unpaired) electrons. The van der Waals surface area contributed by atoms with E-state index in [-0.39, 0.29) is 0 Å². The van der Waals surface area contributed by atoms with Gasteiger partial charge in [0.25, 0.3) is 0 Å². The highest BCUT2D eigenvalue weighted by atomic mass is 19.4. The summed E-state index contributed by atoms with van der Waals surface area (Å²) in [5.41, 5.74) is -3.00. The minimum absolute atomic E-state index is 1.04. The van der Waals surface area contributed by atoms with Crippen molar-refractivity contribution in [2.45, 2.75) is 25.6 Å². The zero-order chi connectivity index (χ0) is 8.58. The highest BCUT2D eigenvalue weighted by molar-refractivity contribution is 5.14. The predicted octanol–water partition coefficient (Wildman–Crippen LogP) is 1.88. The minimum Gasteiger partial charge on any atom is -0.386 e. The van der Waals surface area contributed by atoms with Crippen molar-refractivity contribution in [3.05, 3.63) is 12.2 Å². The fourth-order valence-electron chi connectivity index (χ4n) is 0.347. The Morgan fingerprint density at radius 1 is 1.30 bits per heavy atom. The topological polar surface area (TPSA) is 20.2 Å². The summed E-state index contributed by atoms with van der Waals surface area (Å²) in [5, 5.41) is 8.80. The highest BCUT2D eigenvalue weighted by Crippen LogP contribution is 2.31. The van der Waals surface area contributed by atoms with Crippen LogP contribution in [0.1, 0.15) is 13.8 Å². The maximum Gasteiger partial charge on any atom is 0.414 e. The van der Waals surface area contributed by atoms with Crippen LogP contribution in [0, 0.1) is 0 Å². The lowest BCUT2D eigenvalue weighted by Crippen LogP contribution is -2.31. The van der Waals surface area contributed by atoms with Crippen LogP contribution < -0.4 is 0 Å². The van der Waals surface area contributed by atoms with E-state index in [1.165, 1.54) is 0 Å². The van der Waals surface area contributed by atoms with E-state index in [9.17, 15) is 13.2 Å². The molecule has 0 atom stereocenters. The lowest BCUT2D eigenvalue weighted by Gasteiger charge is -2.22. The molecule has 4 heteroatoms. The van der Waals surface area contributed by atoms with Gasteiger partial charge in [0.15, 0.2) is 0 Å². The van der Waals surface area contributed by atoms with Crippen molar-refractivity contribution in [1.82, 2.24) is 0 Å². The van der Waals surface area contributed by atoms with E-state index in [1.54, 1.807) is 0 Å². The molecular weight excluding hydrogens is 145 g/mol. The molecule has 0 aromatic heterocycles. The van der Waals surface area contributed by atoms with Crippen LogP contribution in [0.3, 0.4) is 0 Å². The second-order valence-corrected chi connectivity index (χ2v) is 2.54. The molecule has 0 aliphatic rings. The number of hydrogen-bond donors (Lipinski definition) is 1. The molecule has 0 bridgehead atoms. The quantitative estimate of drug-likeness (QED) is 0.571. The van der Waals surface area contributed by atoms with Crippen molar-refractivity contribution >= 4 is 0 Å². The molecule has 0 spiro atoms. The third-order valence-corrected chi connectivity index (χ3v) is 1.08. The Morgan fingerprint density at radius 2 is 1.60 bits per heavy atom. The zero-order valence-electron chi connectivity index (χ0n) is 5.79. The molecule has 0 aliphatic heterocycles. The first-order chi connectivity index (χ1) is 4.15. The lowest BCUT2D eigenvalue weighted by atomic mass is 10.00. The maximum atomic E-state index is 11.7. The standard InChI is InChI=1S/C6H9F3O/c1-4(5(2,3)10)6(7,8)9/h10H,1H2,2-3H3. The van der Waals surface area contributed by atoms with E-state index in [0.717, 1.165) is 13.8 Å². The van der Waals surface area contributed by atoms with Crippen molar-refractivity contribution < 1.29 is 18.3 Å². The molecule has 0 fully saturated rings. The normalized spacial score (nSPS) is 13.4. The Hall–Kier alpha value is -0.510. The second kappa shape index (κ2) is 2.27. The largest absolute Gasteiger partial charge is 0.414 e. The average Bonchev–Trinajstić information content (AvgIpc) is 1.59. The Morgan fingerprint density at radius 3 is 1.60 bits per heavy atom. The van der Waals surface area contributed by atoms with E-state index in [2.05, 4.69) is 6.58 Å². The van der Waals surface area contributed by atoms with Gasteiger partial charge in [0.1, 0.15) is 0 Å². The summed E-state index contributed by atoms with van der Waals surface area (Å²) in [6.07, 6.45) is -4.50. The van der Waals surface area contributed by atoms with E-state index < -0.39 is 17.4 Å². The Bertz CT molecular complexity index is 124. The van der Waals surface area contributed by atoms with Crippen LogP contribution in [0.4, 0.5) is 13.2 Å². The third-order valence-electron chi connectivity index (χ3n) is 1.08. The van der Waals surface area contributed by atoms with E-state index in [4.69, 9.17) is 5.11 Å². The van der Waals surface area contributed by atoms with Gasteiger partial charge >= 0.3 is 6.18 Å². The first kappa shape index (κ1) is 9.49. The molecule has 0 heterocycles. The van der Waals surface area contributed by atoms with Crippen LogP contribution >= 0.6 is 0 Å². The first-order valence-electron chi connectivity index (χ1n) is 2.64. The minimum atomic E-state index is -4.50. The SMILES string of the molecule is C=C(C(C)(C)O)C(F)(F)F. The molecule has 60 valence electrons. The van der Waals surface area contributed by atoms with Gasteiger partial charge in [0.05, 0.1) is 11.2 Å². The monoisotopic (exact) mass is 154 g/mol. The molecule has 0 saturated heterocycles. The molecule has 0 rings (SSSR count). The molecule has 1 N–H and O–H groups in total. The van der Waals surface area contributed by atoms with Gasteiger partial charge in [-0.3, -0.25) is 0 Å². The van der Waals surface area contributed by atoms with Crippen LogP contribution in [-0.4, -0.2) is 16.9 Å². The summed E-state index contributed by atoms with van der Waals surface area (Å²) >= 11 is 0. The third kappa shape index (κ3) is 2.39. The van der Waals surface area contributed by atoms with Crippen molar-refractivity contribution in [3.63, 3.8) is 0 Å². The Labute approximate surface area is 57.2 Å².